The summed E-state index contributed by atoms with van der Waals surface area (Å²) in [6, 6.07) is 12.3. The van der Waals surface area contributed by atoms with Crippen molar-refractivity contribution in [2.45, 2.75) is 4.90 Å². The highest BCUT2D eigenvalue weighted by Crippen LogP contribution is 2.28. The van der Waals surface area contributed by atoms with E-state index in [1.165, 1.54) is 18.2 Å². The molecule has 0 saturated carbocycles. The van der Waals surface area contributed by atoms with Crippen LogP contribution in [-0.4, -0.2) is 19.3 Å². The fourth-order valence-electron chi connectivity index (χ4n) is 2.12. The molecule has 2 aromatic carbocycles. The summed E-state index contributed by atoms with van der Waals surface area (Å²) in [6.07, 6.45) is 0. The van der Waals surface area contributed by atoms with E-state index >= 15 is 0 Å². The van der Waals surface area contributed by atoms with E-state index in [2.05, 4.69) is 4.98 Å². The van der Waals surface area contributed by atoms with Gasteiger partial charge in [0.25, 0.3) is 15.9 Å². The minimum absolute atomic E-state index is 0.00513. The van der Waals surface area contributed by atoms with Gasteiger partial charge in [0.2, 0.25) is 0 Å². The highest BCUT2D eigenvalue weighted by atomic mass is 35.5. The molecule has 1 heterocycles. The number of rotatable bonds is 3. The van der Waals surface area contributed by atoms with Gasteiger partial charge in [-0.05, 0) is 30.3 Å². The van der Waals surface area contributed by atoms with E-state index in [9.17, 15) is 13.2 Å². The second kappa shape index (κ2) is 5.88. The SMILES string of the molecule is O=C(NS(=O)(=O)c1ccccc1)c1cc2c(Cl)cc(Cl)cc2[nH]1. The monoisotopic (exact) mass is 368 g/mol. The molecular weight excluding hydrogens is 359 g/mol. The number of nitrogens with one attached hydrogen (secondary N) is 2. The van der Waals surface area contributed by atoms with Crippen LogP contribution in [0.3, 0.4) is 0 Å². The molecule has 8 heteroatoms. The number of aromatic nitrogens is 1. The third-order valence-electron chi connectivity index (χ3n) is 3.18. The van der Waals surface area contributed by atoms with Gasteiger partial charge in [-0.1, -0.05) is 41.4 Å². The van der Waals surface area contributed by atoms with E-state index in [4.69, 9.17) is 23.2 Å². The lowest BCUT2D eigenvalue weighted by atomic mass is 10.2. The van der Waals surface area contributed by atoms with Crippen LogP contribution < -0.4 is 4.72 Å². The van der Waals surface area contributed by atoms with Gasteiger partial charge < -0.3 is 4.98 Å². The van der Waals surface area contributed by atoms with Crippen molar-refractivity contribution in [2.75, 3.05) is 0 Å². The highest BCUT2D eigenvalue weighted by molar-refractivity contribution is 7.90. The molecule has 0 atom stereocenters. The molecule has 1 amide bonds. The quantitative estimate of drug-likeness (QED) is 0.741. The number of H-pyrrole nitrogens is 1. The molecule has 0 aliphatic rings. The lowest BCUT2D eigenvalue weighted by Gasteiger charge is -2.05. The smallest absolute Gasteiger partial charge is 0.281 e. The number of halogens is 2. The number of hydrogen-bond acceptors (Lipinski definition) is 3. The molecular formula is C15H10Cl2N2O3S. The zero-order chi connectivity index (χ0) is 16.6. The molecule has 2 N–H and O–H groups in total. The van der Waals surface area contributed by atoms with Crippen LogP contribution in [0.1, 0.15) is 10.5 Å². The van der Waals surface area contributed by atoms with Gasteiger partial charge in [0, 0.05) is 15.9 Å². The molecule has 0 saturated heterocycles. The molecule has 0 aliphatic heterocycles. The Hall–Kier alpha value is -2.02. The summed E-state index contributed by atoms with van der Waals surface area (Å²) >= 11 is 12.0. The van der Waals surface area contributed by atoms with E-state index in [1.807, 2.05) is 4.72 Å². The van der Waals surface area contributed by atoms with Crippen molar-refractivity contribution in [1.29, 1.82) is 0 Å². The third-order valence-corrected chi connectivity index (χ3v) is 5.06. The number of aromatic amines is 1. The lowest BCUT2D eigenvalue weighted by molar-refractivity contribution is 0.0977. The van der Waals surface area contributed by atoms with Gasteiger partial charge in [-0.2, -0.15) is 0 Å². The number of carbonyl (C=O) groups excluding carboxylic acids is 1. The van der Waals surface area contributed by atoms with Crippen LogP contribution in [0.2, 0.25) is 10.0 Å². The van der Waals surface area contributed by atoms with Crippen molar-refractivity contribution in [3.05, 3.63) is 64.3 Å². The predicted molar refractivity (Wildman–Crippen MR) is 89.4 cm³/mol. The topological polar surface area (TPSA) is 79.0 Å². The average molecular weight is 369 g/mol. The Bertz CT molecular complexity index is 998. The Labute approximate surface area is 142 Å². The summed E-state index contributed by atoms with van der Waals surface area (Å²) < 4.78 is 26.3. The Morgan fingerprint density at radius 3 is 2.43 bits per heavy atom. The Balaban J connectivity index is 1.94. The Kier molecular flexibility index (Phi) is 4.06. The first kappa shape index (κ1) is 15.9. The molecule has 3 rings (SSSR count). The molecule has 0 bridgehead atoms. The van der Waals surface area contributed by atoms with E-state index in [1.54, 1.807) is 30.3 Å². The maximum absolute atomic E-state index is 12.2. The van der Waals surface area contributed by atoms with E-state index < -0.39 is 15.9 Å². The van der Waals surface area contributed by atoms with Crippen LogP contribution >= 0.6 is 23.2 Å². The normalized spacial score (nSPS) is 11.6. The van der Waals surface area contributed by atoms with Crippen LogP contribution in [0.5, 0.6) is 0 Å². The van der Waals surface area contributed by atoms with E-state index in [0.29, 0.717) is 20.9 Å². The Morgan fingerprint density at radius 2 is 1.74 bits per heavy atom. The van der Waals surface area contributed by atoms with Crippen LogP contribution in [0.4, 0.5) is 0 Å². The lowest BCUT2D eigenvalue weighted by Crippen LogP contribution is -2.30. The summed E-state index contributed by atoms with van der Waals surface area (Å²) in [7, 11) is -3.94. The molecule has 5 nitrogen and oxygen atoms in total. The van der Waals surface area contributed by atoms with Crippen molar-refractivity contribution in [2.24, 2.45) is 0 Å². The van der Waals surface area contributed by atoms with Crippen molar-refractivity contribution in [3.8, 4) is 0 Å². The fraction of sp³-hybridized carbons (Fsp3) is 0. The molecule has 1 aromatic heterocycles. The van der Waals surface area contributed by atoms with E-state index in [-0.39, 0.29) is 10.6 Å². The maximum atomic E-state index is 12.2. The highest BCUT2D eigenvalue weighted by Gasteiger charge is 2.20. The number of benzene rings is 2. The molecule has 3 aromatic rings. The minimum atomic E-state index is -3.94. The van der Waals surface area contributed by atoms with Crippen molar-refractivity contribution in [1.82, 2.24) is 9.71 Å². The van der Waals surface area contributed by atoms with Crippen molar-refractivity contribution >= 4 is 50.0 Å². The van der Waals surface area contributed by atoms with Gasteiger partial charge in [0.05, 0.1) is 9.92 Å². The van der Waals surface area contributed by atoms with Crippen molar-refractivity contribution < 1.29 is 13.2 Å². The number of sulfonamides is 1. The largest absolute Gasteiger partial charge is 0.350 e. The zero-order valence-electron chi connectivity index (χ0n) is 11.5. The van der Waals surface area contributed by atoms with Crippen LogP contribution in [-0.2, 0) is 10.0 Å². The van der Waals surface area contributed by atoms with Crippen LogP contribution in [0.15, 0.2) is 53.4 Å². The van der Waals surface area contributed by atoms with Gasteiger partial charge >= 0.3 is 0 Å². The minimum Gasteiger partial charge on any atom is -0.350 e. The second-order valence-electron chi connectivity index (χ2n) is 4.78. The molecule has 0 radical (unpaired) electrons. The van der Waals surface area contributed by atoms with E-state index in [0.717, 1.165) is 0 Å². The number of amides is 1. The maximum Gasteiger partial charge on any atom is 0.281 e. The van der Waals surface area contributed by atoms with Gasteiger partial charge in [-0.3, -0.25) is 4.79 Å². The summed E-state index contributed by atoms with van der Waals surface area (Å²) in [4.78, 5) is 15.0. The third kappa shape index (κ3) is 3.19. The molecule has 0 aliphatic carbocycles. The number of carbonyl (C=O) groups is 1. The number of hydrogen-bond donors (Lipinski definition) is 2. The predicted octanol–water partition coefficient (Wildman–Crippen LogP) is 3.59. The molecule has 0 spiro atoms. The van der Waals surface area contributed by atoms with Gasteiger partial charge in [-0.15, -0.1) is 0 Å². The first-order valence-corrected chi connectivity index (χ1v) is 8.71. The number of fused-ring (bicyclic) bond motifs is 1. The second-order valence-corrected chi connectivity index (χ2v) is 7.31. The summed E-state index contributed by atoms with van der Waals surface area (Å²) in [5.74, 6) is -0.780. The molecule has 23 heavy (non-hydrogen) atoms. The van der Waals surface area contributed by atoms with Gasteiger partial charge in [-0.25, -0.2) is 13.1 Å². The van der Waals surface area contributed by atoms with Crippen molar-refractivity contribution in [3.63, 3.8) is 0 Å². The zero-order valence-corrected chi connectivity index (χ0v) is 13.8. The van der Waals surface area contributed by atoms with Gasteiger partial charge in [0.15, 0.2) is 0 Å². The first-order valence-electron chi connectivity index (χ1n) is 6.47. The molecule has 118 valence electrons. The van der Waals surface area contributed by atoms with Gasteiger partial charge in [0.1, 0.15) is 5.69 Å². The fourth-order valence-corrected chi connectivity index (χ4v) is 3.65. The summed E-state index contributed by atoms with van der Waals surface area (Å²) in [5, 5.41) is 1.36. The van der Waals surface area contributed by atoms with Crippen LogP contribution in [0.25, 0.3) is 10.9 Å². The first-order chi connectivity index (χ1) is 10.9. The summed E-state index contributed by atoms with van der Waals surface area (Å²) in [5.41, 5.74) is 0.619. The standard InChI is InChI=1S/C15H10Cl2N2O3S/c16-9-6-12(17)11-8-14(18-13(11)7-9)15(20)19-23(21,22)10-4-2-1-3-5-10/h1-8,18H,(H,19,20). The molecule has 0 unspecified atom stereocenters. The summed E-state index contributed by atoms with van der Waals surface area (Å²) in [6.45, 7) is 0. The van der Waals surface area contributed by atoms with Crippen LogP contribution in [0, 0.1) is 0 Å². The Morgan fingerprint density at radius 1 is 1.04 bits per heavy atom. The average Bonchev–Trinajstić information content (AvgIpc) is 2.92. The molecule has 0 fully saturated rings.